The Balaban J connectivity index is 1.64. The van der Waals surface area contributed by atoms with Gasteiger partial charge in [0.25, 0.3) is 0 Å². The minimum Gasteiger partial charge on any atom is -0.497 e. The van der Waals surface area contributed by atoms with Crippen LogP contribution in [0.1, 0.15) is 25.3 Å². The van der Waals surface area contributed by atoms with Crippen LogP contribution in [0.25, 0.3) is 0 Å². The number of ketones is 1. The number of thioether (sulfide) groups is 1. The molecular weight excluding hydrogens is 512 g/mol. The first-order chi connectivity index (χ1) is 16.5. The lowest BCUT2D eigenvalue weighted by Crippen LogP contribution is -2.56. The van der Waals surface area contributed by atoms with Crippen LogP contribution in [0.5, 0.6) is 5.75 Å². The van der Waals surface area contributed by atoms with Crippen LogP contribution in [0.2, 0.25) is 0 Å². The second kappa shape index (κ2) is 9.27. The summed E-state index contributed by atoms with van der Waals surface area (Å²) in [7, 11) is 1.64. The van der Waals surface area contributed by atoms with Crippen molar-refractivity contribution in [2.24, 2.45) is 10.2 Å². The van der Waals surface area contributed by atoms with Crippen LogP contribution in [0.4, 0.5) is 11.4 Å². The highest BCUT2D eigenvalue weighted by Crippen LogP contribution is 2.50. The smallest absolute Gasteiger partial charge is 0.208 e. The van der Waals surface area contributed by atoms with Gasteiger partial charge in [0.2, 0.25) is 4.99 Å². The monoisotopic (exact) mass is 534 g/mol. The van der Waals surface area contributed by atoms with Crippen molar-refractivity contribution >= 4 is 55.6 Å². The van der Waals surface area contributed by atoms with Crippen molar-refractivity contribution in [2.45, 2.75) is 24.8 Å². The van der Waals surface area contributed by atoms with Crippen molar-refractivity contribution in [3.05, 3.63) is 88.9 Å². The predicted molar refractivity (Wildman–Crippen MR) is 143 cm³/mol. The molecule has 34 heavy (non-hydrogen) atoms. The standard InChI is InChI=1S/C26H23BrN4O2S/c1-18(32)25-29-31(22-12-14-23(33-2)15-13-22)26(34-25)17-16-24(19-8-10-20(27)11-9-19)28-30(26)21-6-4-3-5-7-21/h3-15H,16-17H2,1-2H3/t26-/m1/s1. The molecule has 2 heterocycles. The van der Waals surface area contributed by atoms with Gasteiger partial charge in [0.15, 0.2) is 10.8 Å². The molecule has 0 radical (unpaired) electrons. The van der Waals surface area contributed by atoms with Crippen molar-refractivity contribution in [2.75, 3.05) is 17.1 Å². The summed E-state index contributed by atoms with van der Waals surface area (Å²) in [5, 5.41) is 14.4. The summed E-state index contributed by atoms with van der Waals surface area (Å²) < 4.78 is 6.37. The van der Waals surface area contributed by atoms with Gasteiger partial charge in [-0.25, -0.2) is 10.0 Å². The van der Waals surface area contributed by atoms with Crippen molar-refractivity contribution < 1.29 is 9.53 Å². The molecule has 0 saturated carbocycles. The third-order valence-electron chi connectivity index (χ3n) is 5.82. The zero-order valence-corrected chi connectivity index (χ0v) is 21.2. The number of hydrogen-bond donors (Lipinski definition) is 0. The highest BCUT2D eigenvalue weighted by Gasteiger charge is 2.52. The van der Waals surface area contributed by atoms with E-state index < -0.39 is 4.99 Å². The second-order valence-corrected chi connectivity index (χ2v) is 10.2. The number of hydrazone groups is 2. The van der Waals surface area contributed by atoms with Crippen molar-refractivity contribution in [1.29, 1.82) is 0 Å². The largest absolute Gasteiger partial charge is 0.497 e. The fourth-order valence-corrected chi connectivity index (χ4v) is 5.62. The Labute approximate surface area is 211 Å². The number of nitrogens with zero attached hydrogens (tertiary/aromatic N) is 4. The molecule has 2 aliphatic rings. The first kappa shape index (κ1) is 22.7. The highest BCUT2D eigenvalue weighted by molar-refractivity contribution is 9.10. The summed E-state index contributed by atoms with van der Waals surface area (Å²) in [5.41, 5.74) is 3.87. The number of Topliss-reactive ketones (excluding diaryl/α,β-unsaturated/α-hetero) is 1. The van der Waals surface area contributed by atoms with Crippen molar-refractivity contribution in [3.63, 3.8) is 0 Å². The zero-order chi connectivity index (χ0) is 23.7. The number of hydrogen-bond acceptors (Lipinski definition) is 7. The molecule has 0 bridgehead atoms. The highest BCUT2D eigenvalue weighted by atomic mass is 79.9. The number of carbonyl (C=O) groups is 1. The maximum atomic E-state index is 12.5. The molecule has 0 unspecified atom stereocenters. The second-order valence-electron chi connectivity index (χ2n) is 8.02. The molecule has 0 fully saturated rings. The Morgan fingerprint density at radius 1 is 0.941 bits per heavy atom. The Morgan fingerprint density at radius 2 is 1.59 bits per heavy atom. The summed E-state index contributed by atoms with van der Waals surface area (Å²) in [6.07, 6.45) is 1.46. The number of anilines is 2. The molecule has 6 nitrogen and oxygen atoms in total. The van der Waals surface area contributed by atoms with Crippen LogP contribution in [0.3, 0.4) is 0 Å². The van der Waals surface area contributed by atoms with Gasteiger partial charge < -0.3 is 4.74 Å². The van der Waals surface area contributed by atoms with Gasteiger partial charge in [0.05, 0.1) is 24.2 Å². The molecule has 2 aliphatic heterocycles. The van der Waals surface area contributed by atoms with Crippen LogP contribution < -0.4 is 14.8 Å². The molecule has 0 amide bonds. The van der Waals surface area contributed by atoms with E-state index in [0.29, 0.717) is 11.5 Å². The van der Waals surface area contributed by atoms with E-state index in [0.717, 1.165) is 39.3 Å². The van der Waals surface area contributed by atoms with E-state index in [-0.39, 0.29) is 5.78 Å². The lowest BCUT2D eigenvalue weighted by Gasteiger charge is -2.46. The third-order valence-corrected chi connectivity index (χ3v) is 7.79. The number of rotatable bonds is 5. The van der Waals surface area contributed by atoms with Gasteiger partial charge >= 0.3 is 0 Å². The molecule has 8 heteroatoms. The van der Waals surface area contributed by atoms with Gasteiger partial charge in [-0.1, -0.05) is 46.3 Å². The summed E-state index contributed by atoms with van der Waals surface area (Å²) in [5.74, 6) is 0.704. The number of benzene rings is 3. The van der Waals surface area contributed by atoms with Crippen LogP contribution in [-0.2, 0) is 4.79 Å². The average molecular weight is 535 g/mol. The van der Waals surface area contributed by atoms with Gasteiger partial charge in [-0.05, 0) is 72.3 Å². The molecule has 0 aromatic heterocycles. The summed E-state index contributed by atoms with van der Waals surface area (Å²) >= 11 is 4.98. The quantitative estimate of drug-likeness (QED) is 0.386. The van der Waals surface area contributed by atoms with E-state index in [2.05, 4.69) is 28.1 Å². The Hall–Kier alpha value is -3.10. The maximum absolute atomic E-state index is 12.5. The molecule has 0 aliphatic carbocycles. The summed E-state index contributed by atoms with van der Waals surface area (Å²) in [4.78, 5) is 11.7. The van der Waals surface area contributed by atoms with Gasteiger partial charge in [0, 0.05) is 17.8 Å². The van der Waals surface area contributed by atoms with Gasteiger partial charge in [-0.3, -0.25) is 4.79 Å². The van der Waals surface area contributed by atoms with Crippen LogP contribution in [0, 0.1) is 0 Å². The number of ether oxygens (including phenoxy) is 1. The zero-order valence-electron chi connectivity index (χ0n) is 18.8. The Bertz CT molecular complexity index is 1260. The van der Waals surface area contributed by atoms with E-state index in [4.69, 9.17) is 14.9 Å². The maximum Gasteiger partial charge on any atom is 0.208 e. The molecule has 0 N–H and O–H groups in total. The van der Waals surface area contributed by atoms with Gasteiger partial charge in [0.1, 0.15) is 5.75 Å². The summed E-state index contributed by atoms with van der Waals surface area (Å²) in [6, 6.07) is 26.0. The normalized spacial score (nSPS) is 19.7. The van der Waals surface area contributed by atoms with E-state index in [9.17, 15) is 4.79 Å². The number of halogens is 1. The van der Waals surface area contributed by atoms with E-state index in [1.807, 2.05) is 76.7 Å². The van der Waals surface area contributed by atoms with E-state index >= 15 is 0 Å². The molecule has 3 aromatic rings. The Morgan fingerprint density at radius 3 is 2.24 bits per heavy atom. The average Bonchev–Trinajstić information content (AvgIpc) is 3.25. The van der Waals surface area contributed by atoms with Gasteiger partial charge in [-0.2, -0.15) is 10.2 Å². The molecule has 172 valence electrons. The number of methoxy groups -OCH3 is 1. The van der Waals surface area contributed by atoms with Crippen LogP contribution in [-0.4, -0.2) is 28.6 Å². The third kappa shape index (κ3) is 4.12. The van der Waals surface area contributed by atoms with Crippen LogP contribution >= 0.6 is 27.7 Å². The minimum absolute atomic E-state index is 0.0592. The molecule has 1 spiro atoms. The molecule has 5 rings (SSSR count). The first-order valence-corrected chi connectivity index (χ1v) is 12.5. The van der Waals surface area contributed by atoms with E-state index in [1.54, 1.807) is 14.0 Å². The van der Waals surface area contributed by atoms with Crippen LogP contribution in [0.15, 0.2) is 93.5 Å². The van der Waals surface area contributed by atoms with E-state index in [1.165, 1.54) is 11.8 Å². The number of para-hydroxylation sites is 1. The van der Waals surface area contributed by atoms with Gasteiger partial charge in [-0.15, -0.1) is 0 Å². The first-order valence-electron chi connectivity index (χ1n) is 10.9. The fourth-order valence-electron chi connectivity index (χ4n) is 4.11. The minimum atomic E-state index is -0.712. The topological polar surface area (TPSA) is 57.5 Å². The molecular formula is C26H23BrN4O2S. The van der Waals surface area contributed by atoms with Crippen molar-refractivity contribution in [3.8, 4) is 5.75 Å². The lowest BCUT2D eigenvalue weighted by molar-refractivity contribution is -0.110. The Kier molecular flexibility index (Phi) is 6.18. The fraction of sp³-hybridized carbons (Fsp3) is 0.192. The number of carbonyl (C=O) groups excluding carboxylic acids is 1. The SMILES string of the molecule is COc1ccc(N2N=C(C(C)=O)S[C@@]23CCC(c2ccc(Br)cc2)=NN3c2ccccc2)cc1. The molecule has 1 atom stereocenters. The predicted octanol–water partition coefficient (Wildman–Crippen LogP) is 6.27. The lowest BCUT2D eigenvalue weighted by atomic mass is 10.0. The summed E-state index contributed by atoms with van der Waals surface area (Å²) in [6.45, 7) is 1.56. The molecule has 0 saturated heterocycles. The van der Waals surface area contributed by atoms with Crippen molar-refractivity contribution in [1.82, 2.24) is 0 Å². The molecule has 3 aromatic carbocycles.